The van der Waals surface area contributed by atoms with Gasteiger partial charge in [-0.25, -0.2) is 0 Å². The summed E-state index contributed by atoms with van der Waals surface area (Å²) in [4.78, 5) is 0. The molecule has 0 aliphatic heterocycles. The minimum Gasteiger partial charge on any atom is -0.493 e. The van der Waals surface area contributed by atoms with Gasteiger partial charge in [0, 0.05) is 5.56 Å². The molecule has 1 aromatic carbocycles. The summed E-state index contributed by atoms with van der Waals surface area (Å²) in [7, 11) is 0. The molecule has 0 saturated carbocycles. The van der Waals surface area contributed by atoms with Crippen LogP contribution in [0.25, 0.3) is 0 Å². The highest BCUT2D eigenvalue weighted by atomic mass is 16.5. The van der Waals surface area contributed by atoms with Crippen LogP contribution in [0.4, 0.5) is 0 Å². The molecule has 1 rings (SSSR count). The predicted molar refractivity (Wildman–Crippen MR) is 70.1 cm³/mol. The van der Waals surface area contributed by atoms with Crippen LogP contribution in [0.2, 0.25) is 0 Å². The van der Waals surface area contributed by atoms with Crippen molar-refractivity contribution in [1.82, 2.24) is 0 Å². The number of benzene rings is 1. The van der Waals surface area contributed by atoms with Crippen LogP contribution in [0.1, 0.15) is 31.4 Å². The van der Waals surface area contributed by atoms with Crippen LogP contribution in [0.5, 0.6) is 5.75 Å². The van der Waals surface area contributed by atoms with Gasteiger partial charge in [0.25, 0.3) is 0 Å². The van der Waals surface area contributed by atoms with Gasteiger partial charge in [-0.3, -0.25) is 0 Å². The molecule has 0 atom stereocenters. The quantitative estimate of drug-likeness (QED) is 0.809. The molecule has 2 nitrogen and oxygen atoms in total. The molecular weight excluding hydrogens is 212 g/mol. The summed E-state index contributed by atoms with van der Waals surface area (Å²) in [5.41, 5.74) is 1.99. The number of aryl methyl sites for hydroxylation is 1. The van der Waals surface area contributed by atoms with Crippen LogP contribution in [-0.2, 0) is 0 Å². The Bertz CT molecular complexity index is 411. The van der Waals surface area contributed by atoms with Crippen molar-refractivity contribution in [2.45, 2.75) is 27.2 Å². The van der Waals surface area contributed by atoms with Gasteiger partial charge in [0.05, 0.1) is 6.61 Å². The van der Waals surface area contributed by atoms with Gasteiger partial charge in [-0.05, 0) is 43.0 Å². The van der Waals surface area contributed by atoms with Crippen LogP contribution in [0, 0.1) is 24.7 Å². The third-order valence-electron chi connectivity index (χ3n) is 2.44. The number of aliphatic hydroxyl groups is 1. The van der Waals surface area contributed by atoms with Crippen molar-refractivity contribution in [2.24, 2.45) is 5.92 Å². The summed E-state index contributed by atoms with van der Waals surface area (Å²) in [6.45, 7) is 7.02. The third-order valence-corrected chi connectivity index (χ3v) is 2.44. The van der Waals surface area contributed by atoms with E-state index in [0.29, 0.717) is 5.92 Å². The van der Waals surface area contributed by atoms with Gasteiger partial charge in [0.15, 0.2) is 0 Å². The highest BCUT2D eigenvalue weighted by Crippen LogP contribution is 2.19. The first-order chi connectivity index (χ1) is 8.13. The van der Waals surface area contributed by atoms with Crippen LogP contribution in [0.3, 0.4) is 0 Å². The third kappa shape index (κ3) is 4.93. The van der Waals surface area contributed by atoms with Crippen molar-refractivity contribution in [3.63, 3.8) is 0 Å². The number of aliphatic hydroxyl groups excluding tert-OH is 1. The molecule has 0 radical (unpaired) electrons. The molecule has 0 amide bonds. The summed E-state index contributed by atoms with van der Waals surface area (Å²) in [6, 6.07) is 5.84. The molecule has 0 aromatic heterocycles. The standard InChI is InChI=1S/C15H20O2/c1-12(2)8-10-17-15-7-6-14(5-4-9-16)11-13(15)3/h6-7,11-12,16H,8-10H2,1-3H3. The molecule has 0 fully saturated rings. The zero-order valence-electron chi connectivity index (χ0n) is 10.8. The highest BCUT2D eigenvalue weighted by molar-refractivity contribution is 5.43. The molecule has 92 valence electrons. The summed E-state index contributed by atoms with van der Waals surface area (Å²) in [5, 5.41) is 8.62. The van der Waals surface area contributed by atoms with Gasteiger partial charge in [-0.15, -0.1) is 0 Å². The van der Waals surface area contributed by atoms with Crippen LogP contribution >= 0.6 is 0 Å². The highest BCUT2D eigenvalue weighted by Gasteiger charge is 2.01. The van der Waals surface area contributed by atoms with Crippen LogP contribution in [0.15, 0.2) is 18.2 Å². The fourth-order valence-electron chi connectivity index (χ4n) is 1.44. The monoisotopic (exact) mass is 232 g/mol. The Kier molecular flexibility index (Phi) is 5.59. The summed E-state index contributed by atoms with van der Waals surface area (Å²) < 4.78 is 5.71. The van der Waals surface area contributed by atoms with Gasteiger partial charge in [-0.1, -0.05) is 25.7 Å². The number of rotatable bonds is 4. The molecule has 2 heteroatoms. The lowest BCUT2D eigenvalue weighted by atomic mass is 10.1. The number of ether oxygens (including phenoxy) is 1. The van der Waals surface area contributed by atoms with Gasteiger partial charge in [0.1, 0.15) is 12.4 Å². The fraction of sp³-hybridized carbons (Fsp3) is 0.467. The predicted octanol–water partition coefficient (Wildman–Crippen LogP) is 2.76. The second-order valence-corrected chi connectivity index (χ2v) is 4.47. The van der Waals surface area contributed by atoms with E-state index < -0.39 is 0 Å². The van der Waals surface area contributed by atoms with Crippen molar-refractivity contribution in [3.8, 4) is 17.6 Å². The minimum absolute atomic E-state index is 0.105. The normalized spacial score (nSPS) is 9.94. The van der Waals surface area contributed by atoms with Crippen molar-refractivity contribution in [2.75, 3.05) is 13.2 Å². The van der Waals surface area contributed by atoms with Crippen LogP contribution < -0.4 is 4.74 Å². The van der Waals surface area contributed by atoms with E-state index in [4.69, 9.17) is 9.84 Å². The van der Waals surface area contributed by atoms with E-state index in [1.807, 2.05) is 25.1 Å². The van der Waals surface area contributed by atoms with E-state index in [1.165, 1.54) is 0 Å². The molecule has 17 heavy (non-hydrogen) atoms. The molecule has 1 N–H and O–H groups in total. The zero-order valence-corrected chi connectivity index (χ0v) is 10.8. The first kappa shape index (κ1) is 13.6. The molecule has 0 bridgehead atoms. The Morgan fingerprint density at radius 1 is 1.35 bits per heavy atom. The average Bonchev–Trinajstić information content (AvgIpc) is 2.28. The van der Waals surface area contributed by atoms with Gasteiger partial charge < -0.3 is 9.84 Å². The zero-order chi connectivity index (χ0) is 12.7. The second-order valence-electron chi connectivity index (χ2n) is 4.47. The van der Waals surface area contributed by atoms with E-state index in [2.05, 4.69) is 25.7 Å². The Hall–Kier alpha value is -1.46. The molecule has 1 aromatic rings. The van der Waals surface area contributed by atoms with Gasteiger partial charge >= 0.3 is 0 Å². The maximum Gasteiger partial charge on any atom is 0.122 e. The van der Waals surface area contributed by atoms with Crippen molar-refractivity contribution < 1.29 is 9.84 Å². The van der Waals surface area contributed by atoms with Gasteiger partial charge in [-0.2, -0.15) is 0 Å². The van der Waals surface area contributed by atoms with E-state index >= 15 is 0 Å². The van der Waals surface area contributed by atoms with Crippen LogP contribution in [-0.4, -0.2) is 18.3 Å². The fourth-order valence-corrected chi connectivity index (χ4v) is 1.44. The van der Waals surface area contributed by atoms with Crippen molar-refractivity contribution in [1.29, 1.82) is 0 Å². The smallest absolute Gasteiger partial charge is 0.122 e. The van der Waals surface area contributed by atoms with E-state index in [1.54, 1.807) is 0 Å². The van der Waals surface area contributed by atoms with E-state index in [9.17, 15) is 0 Å². The molecule has 0 spiro atoms. The Labute approximate surface area is 104 Å². The first-order valence-electron chi connectivity index (χ1n) is 5.96. The molecule has 0 unspecified atom stereocenters. The second kappa shape index (κ2) is 6.98. The topological polar surface area (TPSA) is 29.5 Å². The first-order valence-corrected chi connectivity index (χ1v) is 5.96. The number of hydrogen-bond acceptors (Lipinski definition) is 2. The summed E-state index contributed by atoms with van der Waals surface area (Å²) >= 11 is 0. The van der Waals surface area contributed by atoms with Crippen molar-refractivity contribution in [3.05, 3.63) is 29.3 Å². The summed E-state index contributed by atoms with van der Waals surface area (Å²) in [5.74, 6) is 7.09. The Balaban J connectivity index is 2.63. The van der Waals surface area contributed by atoms with Gasteiger partial charge in [0.2, 0.25) is 0 Å². The van der Waals surface area contributed by atoms with Crippen molar-refractivity contribution >= 4 is 0 Å². The Morgan fingerprint density at radius 3 is 2.71 bits per heavy atom. The minimum atomic E-state index is -0.105. The molecule has 0 saturated heterocycles. The SMILES string of the molecule is Cc1cc(C#CCO)ccc1OCCC(C)C. The summed E-state index contributed by atoms with van der Waals surface area (Å²) in [6.07, 6.45) is 1.06. The average molecular weight is 232 g/mol. The molecular formula is C15H20O2. The van der Waals surface area contributed by atoms with E-state index in [-0.39, 0.29) is 6.61 Å². The molecule has 0 aliphatic rings. The lowest BCUT2D eigenvalue weighted by Crippen LogP contribution is -2.02. The lowest BCUT2D eigenvalue weighted by molar-refractivity contribution is 0.288. The maximum absolute atomic E-state index is 8.62. The number of hydrogen-bond donors (Lipinski definition) is 1. The molecule has 0 heterocycles. The molecule has 0 aliphatic carbocycles. The lowest BCUT2D eigenvalue weighted by Gasteiger charge is -2.10. The Morgan fingerprint density at radius 2 is 2.12 bits per heavy atom. The van der Waals surface area contributed by atoms with E-state index in [0.717, 1.165) is 29.9 Å². The maximum atomic E-state index is 8.62. The largest absolute Gasteiger partial charge is 0.493 e.